The van der Waals surface area contributed by atoms with E-state index in [-0.39, 0.29) is 4.90 Å². The van der Waals surface area contributed by atoms with Crippen LogP contribution in [0.25, 0.3) is 11.1 Å². The molecule has 1 aromatic heterocycles. The Hall–Kier alpha value is -2.41. The second-order valence-corrected chi connectivity index (χ2v) is 6.92. The minimum absolute atomic E-state index is 0.154. The van der Waals surface area contributed by atoms with E-state index in [1.54, 1.807) is 36.4 Å². The number of rotatable bonds is 6. The van der Waals surface area contributed by atoms with Gasteiger partial charge < -0.3 is 9.52 Å². The summed E-state index contributed by atoms with van der Waals surface area (Å²) in [6.07, 6.45) is 1.43. The molecule has 1 unspecified atom stereocenters. The van der Waals surface area contributed by atoms with Gasteiger partial charge >= 0.3 is 0 Å². The monoisotopic (exact) mass is 343 g/mol. The van der Waals surface area contributed by atoms with Crippen molar-refractivity contribution in [3.05, 3.63) is 78.8 Å². The maximum absolute atomic E-state index is 12.8. The van der Waals surface area contributed by atoms with Gasteiger partial charge in [-0.3, -0.25) is 0 Å². The number of hydrogen-bond acceptors (Lipinski definition) is 4. The predicted octanol–water partition coefficient (Wildman–Crippen LogP) is 2.96. The second-order valence-electron chi connectivity index (χ2n) is 5.23. The number of sulfonamides is 1. The molecule has 124 valence electrons. The molecule has 0 bridgehead atoms. The number of hydrogen-bond donors (Lipinski definition) is 2. The summed E-state index contributed by atoms with van der Waals surface area (Å²) in [5.41, 5.74) is 1.40. The van der Waals surface area contributed by atoms with E-state index in [4.69, 9.17) is 4.42 Å². The van der Waals surface area contributed by atoms with Gasteiger partial charge in [0.2, 0.25) is 10.0 Å². The van der Waals surface area contributed by atoms with E-state index in [9.17, 15) is 13.5 Å². The molecule has 2 N–H and O–H groups in total. The number of aliphatic hydroxyl groups excluding tert-OH is 1. The third-order valence-electron chi connectivity index (χ3n) is 3.63. The third kappa shape index (κ3) is 3.41. The van der Waals surface area contributed by atoms with Gasteiger partial charge in [-0.25, -0.2) is 8.42 Å². The molecular formula is C18H17NO4S. The summed E-state index contributed by atoms with van der Waals surface area (Å²) in [7, 11) is -3.85. The first-order valence-electron chi connectivity index (χ1n) is 7.43. The van der Waals surface area contributed by atoms with Gasteiger partial charge in [0.25, 0.3) is 0 Å². The van der Waals surface area contributed by atoms with E-state index < -0.39 is 22.7 Å². The summed E-state index contributed by atoms with van der Waals surface area (Å²) < 4.78 is 33.4. The summed E-state index contributed by atoms with van der Waals surface area (Å²) in [5.74, 6) is 0.360. The summed E-state index contributed by atoms with van der Waals surface area (Å²) in [5, 5.41) is 9.51. The van der Waals surface area contributed by atoms with Crippen molar-refractivity contribution in [3.8, 4) is 11.1 Å². The van der Waals surface area contributed by atoms with Crippen LogP contribution in [0.4, 0.5) is 0 Å². The van der Waals surface area contributed by atoms with Crippen LogP contribution >= 0.6 is 0 Å². The van der Waals surface area contributed by atoms with Crippen LogP contribution in [0.3, 0.4) is 0 Å². The van der Waals surface area contributed by atoms with Crippen molar-refractivity contribution < 1.29 is 17.9 Å². The summed E-state index contributed by atoms with van der Waals surface area (Å²) >= 11 is 0. The molecule has 2 aromatic carbocycles. The Morgan fingerprint density at radius 1 is 0.958 bits per heavy atom. The van der Waals surface area contributed by atoms with Crippen molar-refractivity contribution in [3.63, 3.8) is 0 Å². The Labute approximate surface area is 140 Å². The lowest BCUT2D eigenvalue weighted by molar-refractivity contribution is 0.242. The first-order valence-corrected chi connectivity index (χ1v) is 8.91. The molecule has 0 aliphatic rings. The Bertz CT molecular complexity index is 890. The van der Waals surface area contributed by atoms with Crippen LogP contribution in [0.2, 0.25) is 0 Å². The summed E-state index contributed by atoms with van der Waals surface area (Å²) in [6.45, 7) is -0.403. The van der Waals surface area contributed by atoms with Crippen molar-refractivity contribution in [1.29, 1.82) is 0 Å². The standard InChI is InChI=1S/C18H17NO4S/c20-13-16(17-10-6-12-23-17)19-24(21,22)18-11-5-4-9-15(18)14-7-2-1-3-8-14/h1-12,16,19-20H,13H2. The predicted molar refractivity (Wildman–Crippen MR) is 90.7 cm³/mol. The highest BCUT2D eigenvalue weighted by Crippen LogP contribution is 2.28. The molecule has 0 aliphatic carbocycles. The number of aliphatic hydroxyl groups is 1. The van der Waals surface area contributed by atoms with Gasteiger partial charge in [-0.05, 0) is 23.8 Å². The molecule has 1 heterocycles. The Morgan fingerprint density at radius 2 is 1.67 bits per heavy atom. The van der Waals surface area contributed by atoms with Crippen LogP contribution in [-0.4, -0.2) is 20.1 Å². The van der Waals surface area contributed by atoms with E-state index in [0.29, 0.717) is 11.3 Å². The molecule has 3 aromatic rings. The van der Waals surface area contributed by atoms with Crippen LogP contribution in [0.5, 0.6) is 0 Å². The zero-order valence-corrected chi connectivity index (χ0v) is 13.6. The van der Waals surface area contributed by atoms with E-state index in [2.05, 4.69) is 4.72 Å². The molecular weight excluding hydrogens is 326 g/mol. The van der Waals surface area contributed by atoms with Gasteiger partial charge in [0.15, 0.2) is 0 Å². The fraction of sp³-hybridized carbons (Fsp3) is 0.111. The van der Waals surface area contributed by atoms with Crippen LogP contribution in [0.1, 0.15) is 11.8 Å². The van der Waals surface area contributed by atoms with Crippen LogP contribution in [0.15, 0.2) is 82.3 Å². The molecule has 0 saturated carbocycles. The zero-order chi connectivity index (χ0) is 17.0. The molecule has 3 rings (SSSR count). The van der Waals surface area contributed by atoms with Crippen molar-refractivity contribution in [2.24, 2.45) is 0 Å². The molecule has 0 spiro atoms. The fourth-order valence-electron chi connectivity index (χ4n) is 2.48. The second kappa shape index (κ2) is 7.00. The SMILES string of the molecule is O=S(=O)(NC(CO)c1ccco1)c1ccccc1-c1ccccc1. The highest BCUT2D eigenvalue weighted by Gasteiger charge is 2.25. The van der Waals surface area contributed by atoms with Gasteiger partial charge in [-0.15, -0.1) is 0 Å². The van der Waals surface area contributed by atoms with Crippen LogP contribution < -0.4 is 4.72 Å². The topological polar surface area (TPSA) is 79.5 Å². The van der Waals surface area contributed by atoms with Crippen molar-refractivity contribution >= 4 is 10.0 Å². The van der Waals surface area contributed by atoms with Crippen molar-refractivity contribution in [2.45, 2.75) is 10.9 Å². The maximum Gasteiger partial charge on any atom is 0.241 e. The van der Waals surface area contributed by atoms with E-state index in [1.807, 2.05) is 30.3 Å². The lowest BCUT2D eigenvalue weighted by Crippen LogP contribution is -2.31. The smallest absolute Gasteiger partial charge is 0.241 e. The van der Waals surface area contributed by atoms with Gasteiger partial charge in [0.1, 0.15) is 11.8 Å². The lowest BCUT2D eigenvalue weighted by Gasteiger charge is -2.16. The van der Waals surface area contributed by atoms with E-state index in [0.717, 1.165) is 5.56 Å². The van der Waals surface area contributed by atoms with Crippen LogP contribution in [0, 0.1) is 0 Å². The lowest BCUT2D eigenvalue weighted by atomic mass is 10.1. The normalized spacial score (nSPS) is 12.9. The first kappa shape index (κ1) is 16.4. The molecule has 0 amide bonds. The highest BCUT2D eigenvalue weighted by atomic mass is 32.2. The molecule has 5 nitrogen and oxygen atoms in total. The Balaban J connectivity index is 1.99. The van der Waals surface area contributed by atoms with Gasteiger partial charge in [0, 0.05) is 5.56 Å². The van der Waals surface area contributed by atoms with E-state index >= 15 is 0 Å². The molecule has 1 atom stereocenters. The maximum atomic E-state index is 12.8. The third-order valence-corrected chi connectivity index (χ3v) is 5.16. The number of benzene rings is 2. The molecule has 24 heavy (non-hydrogen) atoms. The number of nitrogens with one attached hydrogen (secondary N) is 1. The first-order chi connectivity index (χ1) is 11.6. The molecule has 0 aliphatic heterocycles. The largest absolute Gasteiger partial charge is 0.468 e. The van der Waals surface area contributed by atoms with Gasteiger partial charge in [0.05, 0.1) is 17.8 Å². The molecule has 6 heteroatoms. The van der Waals surface area contributed by atoms with Crippen LogP contribution in [-0.2, 0) is 10.0 Å². The number of furan rings is 1. The minimum Gasteiger partial charge on any atom is -0.468 e. The highest BCUT2D eigenvalue weighted by molar-refractivity contribution is 7.89. The molecule has 0 fully saturated rings. The average molecular weight is 343 g/mol. The molecule has 0 radical (unpaired) electrons. The summed E-state index contributed by atoms with van der Waals surface area (Å²) in [4.78, 5) is 0.154. The Kier molecular flexibility index (Phi) is 4.80. The van der Waals surface area contributed by atoms with Gasteiger partial charge in [-0.1, -0.05) is 48.5 Å². The minimum atomic E-state index is -3.85. The van der Waals surface area contributed by atoms with Gasteiger partial charge in [-0.2, -0.15) is 4.72 Å². The van der Waals surface area contributed by atoms with Crippen molar-refractivity contribution in [2.75, 3.05) is 6.61 Å². The fourth-order valence-corrected chi connectivity index (χ4v) is 3.91. The quantitative estimate of drug-likeness (QED) is 0.721. The average Bonchev–Trinajstić information content (AvgIpc) is 3.15. The zero-order valence-electron chi connectivity index (χ0n) is 12.8. The Morgan fingerprint density at radius 3 is 2.33 bits per heavy atom. The summed E-state index contributed by atoms with van der Waals surface area (Å²) in [6, 6.07) is 18.5. The molecule has 0 saturated heterocycles. The van der Waals surface area contributed by atoms with E-state index in [1.165, 1.54) is 6.26 Å². The van der Waals surface area contributed by atoms with Crippen molar-refractivity contribution in [1.82, 2.24) is 4.72 Å².